The van der Waals surface area contributed by atoms with E-state index in [0.717, 1.165) is 38.5 Å². The molecule has 7 atom stereocenters. The number of fused-ring (bicyclic) bond motifs is 5. The Kier molecular flexibility index (Phi) is 3.66. The lowest BCUT2D eigenvalue weighted by molar-refractivity contribution is -0.167. The van der Waals surface area contributed by atoms with E-state index in [1.807, 2.05) is 6.92 Å². The van der Waals surface area contributed by atoms with Crippen LogP contribution in [0.2, 0.25) is 0 Å². The minimum Gasteiger partial charge on any atom is -0.300 e. The van der Waals surface area contributed by atoms with Gasteiger partial charge >= 0.3 is 0 Å². The zero-order valence-electron chi connectivity index (χ0n) is 15.5. The van der Waals surface area contributed by atoms with Gasteiger partial charge in [-0.05, 0) is 74.5 Å². The number of carbonyl (C=O) groups is 4. The highest BCUT2D eigenvalue weighted by molar-refractivity contribution is 6.65. The van der Waals surface area contributed by atoms with Crippen LogP contribution in [0.3, 0.4) is 0 Å². The van der Waals surface area contributed by atoms with Crippen LogP contribution in [-0.4, -0.2) is 23.1 Å². The fourth-order valence-electron chi connectivity index (χ4n) is 7.45. The second-order valence-corrected chi connectivity index (χ2v) is 9.50. The molecule has 0 aliphatic heterocycles. The van der Waals surface area contributed by atoms with E-state index in [1.54, 1.807) is 6.92 Å². The van der Waals surface area contributed by atoms with E-state index >= 15 is 0 Å². The summed E-state index contributed by atoms with van der Waals surface area (Å²) in [5, 5.41) is 0. The van der Waals surface area contributed by atoms with Gasteiger partial charge in [0, 0.05) is 17.8 Å². The number of Topliss-reactive ketones (excluding diaryl/α,β-unsaturated/α-hetero) is 4. The van der Waals surface area contributed by atoms with Crippen LogP contribution in [0.4, 0.5) is 0 Å². The lowest BCUT2D eigenvalue weighted by Gasteiger charge is -2.58. The molecule has 4 fully saturated rings. The highest BCUT2D eigenvalue weighted by Crippen LogP contribution is 2.66. The summed E-state index contributed by atoms with van der Waals surface area (Å²) in [6.07, 6.45) is 6.03. The van der Waals surface area contributed by atoms with Gasteiger partial charge in [-0.25, -0.2) is 0 Å². The van der Waals surface area contributed by atoms with Crippen molar-refractivity contribution in [2.24, 2.45) is 40.4 Å². The number of carbonyl (C=O) groups excluding carboxylic acids is 4. The van der Waals surface area contributed by atoms with Crippen molar-refractivity contribution in [2.45, 2.75) is 65.7 Å². The maximum absolute atomic E-state index is 12.9. The van der Waals surface area contributed by atoms with E-state index in [0.29, 0.717) is 17.6 Å². The number of hydrogen-bond donors (Lipinski definition) is 0. The molecule has 0 N–H and O–H groups in total. The molecule has 0 heterocycles. The first-order chi connectivity index (χ1) is 11.7. The zero-order chi connectivity index (χ0) is 18.1. The van der Waals surface area contributed by atoms with Gasteiger partial charge in [-0.3, -0.25) is 19.2 Å². The molecule has 0 spiro atoms. The molecule has 0 aromatic carbocycles. The molecule has 0 radical (unpaired) electrons. The van der Waals surface area contributed by atoms with E-state index in [1.165, 1.54) is 0 Å². The Bertz CT molecular complexity index is 679. The molecule has 0 aromatic rings. The Labute approximate surface area is 149 Å². The van der Waals surface area contributed by atoms with Gasteiger partial charge in [0.25, 0.3) is 5.78 Å². The molecular weight excluding hydrogens is 316 g/mol. The van der Waals surface area contributed by atoms with Crippen molar-refractivity contribution >= 4 is 23.1 Å². The summed E-state index contributed by atoms with van der Waals surface area (Å²) >= 11 is 0. The van der Waals surface area contributed by atoms with Gasteiger partial charge in [-0.2, -0.15) is 0 Å². The average molecular weight is 344 g/mol. The van der Waals surface area contributed by atoms with Crippen molar-refractivity contribution in [3.8, 4) is 0 Å². The van der Waals surface area contributed by atoms with Crippen molar-refractivity contribution in [3.63, 3.8) is 0 Å². The topological polar surface area (TPSA) is 68.3 Å². The molecule has 4 aliphatic rings. The van der Waals surface area contributed by atoms with Gasteiger partial charge in [0.05, 0.1) is 0 Å². The van der Waals surface area contributed by atoms with E-state index in [2.05, 4.69) is 6.92 Å². The predicted octanol–water partition coefficient (Wildman–Crippen LogP) is 3.16. The van der Waals surface area contributed by atoms with Crippen LogP contribution >= 0.6 is 0 Å². The van der Waals surface area contributed by atoms with Crippen LogP contribution in [-0.2, 0) is 19.2 Å². The maximum atomic E-state index is 12.9. The van der Waals surface area contributed by atoms with Gasteiger partial charge in [0.1, 0.15) is 5.78 Å². The van der Waals surface area contributed by atoms with Crippen LogP contribution in [0.15, 0.2) is 0 Å². The predicted molar refractivity (Wildman–Crippen MR) is 91.7 cm³/mol. The minimum atomic E-state index is -0.763. The van der Waals surface area contributed by atoms with Gasteiger partial charge in [0.2, 0.25) is 11.6 Å². The number of hydrogen-bond acceptors (Lipinski definition) is 4. The normalized spacial score (nSPS) is 49.4. The Morgan fingerprint density at radius 1 is 0.960 bits per heavy atom. The summed E-state index contributed by atoms with van der Waals surface area (Å²) in [5.74, 6) is -0.113. The molecular formula is C21H28O4. The van der Waals surface area contributed by atoms with E-state index in [9.17, 15) is 19.2 Å². The largest absolute Gasteiger partial charge is 0.300 e. The van der Waals surface area contributed by atoms with Crippen molar-refractivity contribution in [1.82, 2.24) is 0 Å². The van der Waals surface area contributed by atoms with Crippen molar-refractivity contribution in [3.05, 3.63) is 0 Å². The van der Waals surface area contributed by atoms with Crippen LogP contribution in [0.5, 0.6) is 0 Å². The SMILES string of the molecule is CC(=O)[C@H]1CC[C@H]2[C@@H]3CCC4CC(=O)C(=O)C(=O)[C@]4(C)[C@H]3CC[C@]12C. The molecule has 4 saturated carbocycles. The van der Waals surface area contributed by atoms with Crippen molar-refractivity contribution in [2.75, 3.05) is 0 Å². The molecule has 136 valence electrons. The highest BCUT2D eigenvalue weighted by atomic mass is 16.2. The van der Waals surface area contributed by atoms with Crippen LogP contribution < -0.4 is 0 Å². The summed E-state index contributed by atoms with van der Waals surface area (Å²) in [6, 6.07) is 0. The average Bonchev–Trinajstić information content (AvgIpc) is 2.92. The molecule has 4 aliphatic carbocycles. The van der Waals surface area contributed by atoms with Gasteiger partial charge in [-0.15, -0.1) is 0 Å². The summed E-state index contributed by atoms with van der Waals surface area (Å²) in [4.78, 5) is 49.1. The van der Waals surface area contributed by atoms with Crippen LogP contribution in [0.25, 0.3) is 0 Å². The fourth-order valence-corrected chi connectivity index (χ4v) is 7.45. The molecule has 0 saturated heterocycles. The van der Waals surface area contributed by atoms with Crippen LogP contribution in [0.1, 0.15) is 65.7 Å². The molecule has 4 nitrogen and oxygen atoms in total. The van der Waals surface area contributed by atoms with Gasteiger partial charge in [0.15, 0.2) is 0 Å². The zero-order valence-corrected chi connectivity index (χ0v) is 15.5. The quantitative estimate of drug-likeness (QED) is 0.685. The van der Waals surface area contributed by atoms with E-state index in [4.69, 9.17) is 0 Å². The van der Waals surface area contributed by atoms with Crippen LogP contribution in [0, 0.1) is 40.4 Å². The molecule has 0 amide bonds. The lowest BCUT2D eigenvalue weighted by atomic mass is 9.44. The van der Waals surface area contributed by atoms with E-state index < -0.39 is 22.8 Å². The van der Waals surface area contributed by atoms with E-state index in [-0.39, 0.29) is 29.6 Å². The minimum absolute atomic E-state index is 0.0285. The third kappa shape index (κ3) is 2.06. The number of rotatable bonds is 1. The summed E-state index contributed by atoms with van der Waals surface area (Å²) in [7, 11) is 0. The maximum Gasteiger partial charge on any atom is 0.264 e. The third-order valence-corrected chi connectivity index (χ3v) is 8.78. The number of ketones is 4. The standard InChI is InChI=1S/C21H28O4/c1-11(22)14-6-7-15-13-5-4-12-10-17(23)18(24)19(25)21(12,3)16(13)8-9-20(14,15)2/h12-16H,4-10H2,1-3H3/t12?,13-,14+,15-,16-,20+,21-/m0/s1. The third-order valence-electron chi connectivity index (χ3n) is 8.78. The smallest absolute Gasteiger partial charge is 0.264 e. The highest BCUT2D eigenvalue weighted by Gasteiger charge is 2.64. The Balaban J connectivity index is 1.70. The van der Waals surface area contributed by atoms with Crippen molar-refractivity contribution in [1.29, 1.82) is 0 Å². The summed E-state index contributed by atoms with van der Waals surface area (Å²) < 4.78 is 0. The molecule has 25 heavy (non-hydrogen) atoms. The molecule has 4 heteroatoms. The lowest BCUT2D eigenvalue weighted by Crippen LogP contribution is -2.60. The Morgan fingerprint density at radius 2 is 1.68 bits per heavy atom. The van der Waals surface area contributed by atoms with Gasteiger partial charge < -0.3 is 0 Å². The second kappa shape index (κ2) is 5.34. The fraction of sp³-hybridized carbons (Fsp3) is 0.810. The van der Waals surface area contributed by atoms with Gasteiger partial charge in [-0.1, -0.05) is 13.8 Å². The Morgan fingerprint density at radius 3 is 2.36 bits per heavy atom. The second-order valence-electron chi connectivity index (χ2n) is 9.50. The molecule has 1 unspecified atom stereocenters. The first kappa shape index (κ1) is 17.1. The monoisotopic (exact) mass is 344 g/mol. The summed E-state index contributed by atoms with van der Waals surface area (Å²) in [6.45, 7) is 5.96. The summed E-state index contributed by atoms with van der Waals surface area (Å²) in [5.41, 5.74) is -0.614. The first-order valence-electron chi connectivity index (χ1n) is 9.83. The molecule has 4 rings (SSSR count). The Hall–Kier alpha value is -1.32. The van der Waals surface area contributed by atoms with Crippen molar-refractivity contribution < 1.29 is 19.2 Å². The molecule has 0 aromatic heterocycles. The first-order valence-corrected chi connectivity index (χ1v) is 9.83. The molecule has 0 bridgehead atoms.